The van der Waals surface area contributed by atoms with E-state index in [0.717, 1.165) is 11.0 Å². The first-order chi connectivity index (χ1) is 7.79. The summed E-state index contributed by atoms with van der Waals surface area (Å²) in [5, 5.41) is 18.3. The predicted octanol–water partition coefficient (Wildman–Crippen LogP) is 1.18. The van der Waals surface area contributed by atoms with Crippen molar-refractivity contribution < 1.29 is 24.2 Å². The maximum atomic E-state index is 10.8. The van der Waals surface area contributed by atoms with E-state index in [1.165, 1.54) is 18.2 Å². The van der Waals surface area contributed by atoms with Crippen LogP contribution in [0.3, 0.4) is 0 Å². The van der Waals surface area contributed by atoms with Crippen molar-refractivity contribution in [3.8, 4) is 11.5 Å². The number of aromatic hydroxyl groups is 1. The lowest BCUT2D eigenvalue weighted by Crippen LogP contribution is -2.38. The summed E-state index contributed by atoms with van der Waals surface area (Å²) >= 11 is 0. The number of benzene rings is 1. The molecule has 0 aliphatic rings. The van der Waals surface area contributed by atoms with Crippen molar-refractivity contribution in [1.29, 1.82) is 0 Å². The van der Waals surface area contributed by atoms with Gasteiger partial charge in [-0.2, -0.15) is 0 Å². The molecule has 0 unspecified atom stereocenters. The highest BCUT2D eigenvalue weighted by molar-refractivity contribution is 5.88. The highest BCUT2D eigenvalue weighted by atomic mass is 16.5. The number of carboxylic acids is 1. The maximum Gasteiger partial charge on any atom is 0.335 e. The number of phenols is 1. The Morgan fingerprint density at radius 1 is 1.35 bits per heavy atom. The lowest BCUT2D eigenvalue weighted by Gasteiger charge is -2.23. The van der Waals surface area contributed by atoms with Crippen molar-refractivity contribution in [2.45, 2.75) is 0 Å². The van der Waals surface area contributed by atoms with Crippen LogP contribution >= 0.6 is 0 Å². The van der Waals surface area contributed by atoms with Crippen LogP contribution in [0.5, 0.6) is 11.5 Å². The maximum absolute atomic E-state index is 10.8. The number of nitrogens with zero attached hydrogens (tertiary/aromatic N) is 1. The van der Waals surface area contributed by atoms with Gasteiger partial charge in [0, 0.05) is 0 Å². The minimum Gasteiger partial charge on any atom is -0.504 e. The Kier molecular flexibility index (Phi) is 3.96. The molecule has 0 radical (unpaired) electrons. The molecule has 0 bridgehead atoms. The minimum absolute atomic E-state index is 0.0450. The van der Waals surface area contributed by atoms with Gasteiger partial charge in [-0.25, -0.2) is 4.79 Å². The van der Waals surface area contributed by atoms with Crippen molar-refractivity contribution >= 4 is 5.97 Å². The van der Waals surface area contributed by atoms with E-state index < -0.39 is 5.97 Å². The fourth-order valence-electron chi connectivity index (χ4n) is 1.19. The molecule has 0 spiro atoms. The number of hydrogen-bond donors (Lipinski definition) is 2. The summed E-state index contributed by atoms with van der Waals surface area (Å²) in [6.07, 6.45) is 0. The molecule has 2 N–H and O–H groups in total. The summed E-state index contributed by atoms with van der Waals surface area (Å²) in [6.45, 7) is 1.18. The summed E-state index contributed by atoms with van der Waals surface area (Å²) < 4.78 is 6.11. The minimum atomic E-state index is -1.04. The molecule has 0 saturated carbocycles. The van der Waals surface area contributed by atoms with Crippen LogP contribution in [0, 0.1) is 0 Å². The largest absolute Gasteiger partial charge is 0.504 e. The summed E-state index contributed by atoms with van der Waals surface area (Å²) in [5.74, 6) is -0.879. The van der Waals surface area contributed by atoms with Crippen molar-refractivity contribution in [3.63, 3.8) is 0 Å². The molecule has 5 nitrogen and oxygen atoms in total. The molecule has 0 saturated heterocycles. The van der Waals surface area contributed by atoms with Crippen molar-refractivity contribution in [1.82, 2.24) is 0 Å². The molecular weight excluding hydrogens is 222 g/mol. The topological polar surface area (TPSA) is 66.8 Å². The molecule has 0 atom stereocenters. The number of likely N-dealkylation sites (N-methyl/N-ethyl adjacent to an activating group) is 1. The second-order valence-corrected chi connectivity index (χ2v) is 4.85. The number of aromatic carboxylic acids is 1. The lowest BCUT2D eigenvalue weighted by atomic mass is 10.2. The summed E-state index contributed by atoms with van der Waals surface area (Å²) in [5.41, 5.74) is 0.100. The zero-order chi connectivity index (χ0) is 13.1. The Hall–Kier alpha value is -1.75. The average Bonchev–Trinajstić information content (AvgIpc) is 2.18. The zero-order valence-electron chi connectivity index (χ0n) is 10.3. The predicted molar refractivity (Wildman–Crippen MR) is 63.5 cm³/mol. The van der Waals surface area contributed by atoms with Gasteiger partial charge in [0.2, 0.25) is 0 Å². The molecule has 17 heavy (non-hydrogen) atoms. The molecule has 0 heterocycles. The van der Waals surface area contributed by atoms with Gasteiger partial charge < -0.3 is 19.4 Å². The standard InChI is InChI=1S/C12H17NO4/c1-13(2,3)6-7-17-11-8-9(12(15)16)4-5-10(11)14/h4-5,8H,6-7H2,1-3H3,(H-,14,15,16)/p+1. The Bertz CT molecular complexity index is 409. The summed E-state index contributed by atoms with van der Waals surface area (Å²) in [6, 6.07) is 3.99. The highest BCUT2D eigenvalue weighted by Gasteiger charge is 2.11. The van der Waals surface area contributed by atoms with E-state index in [0.29, 0.717) is 6.61 Å². The molecular formula is C12H18NO4+. The third-order valence-electron chi connectivity index (χ3n) is 2.23. The molecule has 1 aromatic rings. The Balaban J connectivity index is 2.70. The second kappa shape index (κ2) is 5.05. The SMILES string of the molecule is C[N+](C)(C)CCOc1cc(C(=O)O)ccc1O. The number of hydrogen-bond acceptors (Lipinski definition) is 3. The fourth-order valence-corrected chi connectivity index (χ4v) is 1.19. The van der Waals surface area contributed by atoms with E-state index in [1.807, 2.05) is 21.1 Å². The van der Waals surface area contributed by atoms with Crippen LogP contribution in [0.25, 0.3) is 0 Å². The van der Waals surface area contributed by atoms with Crippen molar-refractivity contribution in [2.75, 3.05) is 34.3 Å². The van der Waals surface area contributed by atoms with Crippen LogP contribution < -0.4 is 4.74 Å². The summed E-state index contributed by atoms with van der Waals surface area (Å²) in [7, 11) is 6.07. The summed E-state index contributed by atoms with van der Waals surface area (Å²) in [4.78, 5) is 10.8. The van der Waals surface area contributed by atoms with Crippen LogP contribution in [0.15, 0.2) is 18.2 Å². The molecule has 1 aromatic carbocycles. The highest BCUT2D eigenvalue weighted by Crippen LogP contribution is 2.26. The molecule has 94 valence electrons. The quantitative estimate of drug-likeness (QED) is 0.758. The van der Waals surface area contributed by atoms with Crippen LogP contribution in [0.1, 0.15) is 10.4 Å². The van der Waals surface area contributed by atoms with Gasteiger partial charge in [0.05, 0.1) is 26.7 Å². The third kappa shape index (κ3) is 4.32. The number of quaternary nitrogens is 1. The fraction of sp³-hybridized carbons (Fsp3) is 0.417. The third-order valence-corrected chi connectivity index (χ3v) is 2.23. The van der Waals surface area contributed by atoms with Crippen LogP contribution in [-0.2, 0) is 0 Å². The van der Waals surface area contributed by atoms with Crippen molar-refractivity contribution in [2.24, 2.45) is 0 Å². The van der Waals surface area contributed by atoms with E-state index in [1.54, 1.807) is 0 Å². The number of phenolic OH excluding ortho intramolecular Hbond substituents is 1. The smallest absolute Gasteiger partial charge is 0.335 e. The first kappa shape index (κ1) is 13.3. The molecule has 5 heteroatoms. The van der Waals surface area contributed by atoms with E-state index in [2.05, 4.69) is 0 Å². The number of ether oxygens (including phenoxy) is 1. The van der Waals surface area contributed by atoms with E-state index in [4.69, 9.17) is 9.84 Å². The van der Waals surface area contributed by atoms with E-state index in [9.17, 15) is 9.90 Å². The number of rotatable bonds is 5. The van der Waals surface area contributed by atoms with E-state index in [-0.39, 0.29) is 17.1 Å². The van der Waals surface area contributed by atoms with Gasteiger partial charge in [0.15, 0.2) is 11.5 Å². The number of carboxylic acid groups (broad SMARTS) is 1. The molecule has 0 aliphatic heterocycles. The molecule has 0 amide bonds. The number of carbonyl (C=O) groups is 1. The molecule has 0 fully saturated rings. The average molecular weight is 240 g/mol. The lowest BCUT2D eigenvalue weighted by molar-refractivity contribution is -0.870. The van der Waals surface area contributed by atoms with Crippen LogP contribution in [0.4, 0.5) is 0 Å². The van der Waals surface area contributed by atoms with Gasteiger partial charge in [-0.3, -0.25) is 0 Å². The molecule has 0 aliphatic carbocycles. The molecule has 1 rings (SSSR count). The normalized spacial score (nSPS) is 11.2. The first-order valence-electron chi connectivity index (χ1n) is 5.29. The monoisotopic (exact) mass is 240 g/mol. The van der Waals surface area contributed by atoms with E-state index >= 15 is 0 Å². The second-order valence-electron chi connectivity index (χ2n) is 4.85. The van der Waals surface area contributed by atoms with Crippen molar-refractivity contribution in [3.05, 3.63) is 23.8 Å². The van der Waals surface area contributed by atoms with Gasteiger partial charge in [-0.1, -0.05) is 0 Å². The zero-order valence-corrected chi connectivity index (χ0v) is 10.3. The van der Waals surface area contributed by atoms with Crippen LogP contribution in [-0.4, -0.2) is 55.0 Å². The Labute approximate surface area is 100 Å². The van der Waals surface area contributed by atoms with Gasteiger partial charge in [-0.05, 0) is 18.2 Å². The van der Waals surface area contributed by atoms with Gasteiger partial charge in [0.25, 0.3) is 0 Å². The first-order valence-corrected chi connectivity index (χ1v) is 5.29. The van der Waals surface area contributed by atoms with Gasteiger partial charge in [0.1, 0.15) is 13.2 Å². The van der Waals surface area contributed by atoms with Gasteiger partial charge in [-0.15, -0.1) is 0 Å². The molecule has 0 aromatic heterocycles. The van der Waals surface area contributed by atoms with Gasteiger partial charge >= 0.3 is 5.97 Å². The Morgan fingerprint density at radius 3 is 2.53 bits per heavy atom. The van der Waals surface area contributed by atoms with Crippen LogP contribution in [0.2, 0.25) is 0 Å². The Morgan fingerprint density at radius 2 is 2.00 bits per heavy atom.